The van der Waals surface area contributed by atoms with Gasteiger partial charge >= 0.3 is 0 Å². The maximum Gasteiger partial charge on any atom is 0.221 e. The highest BCUT2D eigenvalue weighted by atomic mass is 35.5. The molecule has 0 radical (unpaired) electrons. The topological polar surface area (TPSA) is 41.1 Å². The number of halogens is 1. The largest absolute Gasteiger partial charge is 0.384 e. The Morgan fingerprint density at radius 3 is 2.83 bits per heavy atom. The molecule has 2 N–H and O–H groups in total. The second-order valence-corrected chi connectivity index (χ2v) is 4.87. The smallest absolute Gasteiger partial charge is 0.221 e. The molecule has 0 saturated carbocycles. The molecule has 1 amide bonds. The molecule has 0 spiro atoms. The number of nitrogens with one attached hydrogen (secondary N) is 2. The third-order valence-corrected chi connectivity index (χ3v) is 3.36. The molecule has 18 heavy (non-hydrogen) atoms. The van der Waals surface area contributed by atoms with Gasteiger partial charge in [-0.1, -0.05) is 24.6 Å². The maximum atomic E-state index is 11.6. The van der Waals surface area contributed by atoms with Gasteiger partial charge in [0.1, 0.15) is 0 Å². The van der Waals surface area contributed by atoms with Crippen molar-refractivity contribution >= 4 is 23.2 Å². The summed E-state index contributed by atoms with van der Waals surface area (Å²) in [6.45, 7) is 6.64. The number of anilines is 1. The van der Waals surface area contributed by atoms with E-state index in [1.165, 1.54) is 0 Å². The van der Waals surface area contributed by atoms with Crippen LogP contribution in [-0.4, -0.2) is 18.5 Å². The van der Waals surface area contributed by atoms with Crippen molar-refractivity contribution in [1.82, 2.24) is 5.32 Å². The van der Waals surface area contributed by atoms with E-state index in [1.54, 1.807) is 0 Å². The zero-order valence-electron chi connectivity index (χ0n) is 11.2. The highest BCUT2D eigenvalue weighted by molar-refractivity contribution is 6.31. The minimum Gasteiger partial charge on any atom is -0.384 e. The van der Waals surface area contributed by atoms with Crippen LogP contribution in [0.2, 0.25) is 5.02 Å². The summed E-state index contributed by atoms with van der Waals surface area (Å²) in [7, 11) is 0. The Bertz CT molecular complexity index is 407. The van der Waals surface area contributed by atoms with Crippen LogP contribution in [0.1, 0.15) is 32.3 Å². The van der Waals surface area contributed by atoms with Crippen molar-refractivity contribution in [3.8, 4) is 0 Å². The van der Waals surface area contributed by atoms with Gasteiger partial charge in [-0.05, 0) is 38.0 Å². The van der Waals surface area contributed by atoms with Crippen molar-refractivity contribution in [3.05, 3.63) is 28.8 Å². The molecular formula is C14H21ClN2O. The first kappa shape index (κ1) is 14.8. The molecule has 0 fully saturated rings. The van der Waals surface area contributed by atoms with Gasteiger partial charge in [-0.2, -0.15) is 0 Å². The molecule has 1 atom stereocenters. The molecule has 1 rings (SSSR count). The van der Waals surface area contributed by atoms with Crippen LogP contribution in [0.3, 0.4) is 0 Å². The zero-order chi connectivity index (χ0) is 13.5. The van der Waals surface area contributed by atoms with Gasteiger partial charge in [-0.25, -0.2) is 0 Å². The molecule has 0 bridgehead atoms. The second-order valence-electron chi connectivity index (χ2n) is 4.47. The van der Waals surface area contributed by atoms with Crippen LogP contribution in [0.4, 0.5) is 5.69 Å². The molecule has 100 valence electrons. The summed E-state index contributed by atoms with van der Waals surface area (Å²) < 4.78 is 0. The third-order valence-electron chi connectivity index (χ3n) is 2.95. The quantitative estimate of drug-likeness (QED) is 0.831. The van der Waals surface area contributed by atoms with Crippen LogP contribution in [-0.2, 0) is 4.79 Å². The standard InChI is InChI=1S/C14H21ClN2O/c1-4-10(2)17-14(18)8-9-16-13-7-5-6-12(15)11(13)3/h5-7,10,16H,4,8-9H2,1-3H3,(H,17,18). The van der Waals surface area contributed by atoms with Crippen LogP contribution in [0.5, 0.6) is 0 Å². The van der Waals surface area contributed by atoms with Gasteiger partial charge in [-0.15, -0.1) is 0 Å². The van der Waals surface area contributed by atoms with Crippen LogP contribution in [0.25, 0.3) is 0 Å². The summed E-state index contributed by atoms with van der Waals surface area (Å²) in [5, 5.41) is 6.91. The normalized spacial score (nSPS) is 12.0. The van der Waals surface area contributed by atoms with Gasteiger partial charge in [0.2, 0.25) is 5.91 Å². The predicted octanol–water partition coefficient (Wildman–Crippen LogP) is 3.37. The van der Waals surface area contributed by atoms with Crippen molar-refractivity contribution in [3.63, 3.8) is 0 Å². The second kappa shape index (κ2) is 7.27. The molecule has 3 nitrogen and oxygen atoms in total. The fraction of sp³-hybridized carbons (Fsp3) is 0.500. The molecule has 0 saturated heterocycles. The Morgan fingerprint density at radius 1 is 1.44 bits per heavy atom. The minimum absolute atomic E-state index is 0.0801. The van der Waals surface area contributed by atoms with Crippen LogP contribution in [0, 0.1) is 6.92 Å². The molecule has 4 heteroatoms. The van der Waals surface area contributed by atoms with E-state index < -0.39 is 0 Å². The number of hydrogen-bond donors (Lipinski definition) is 2. The van der Waals surface area contributed by atoms with Crippen LogP contribution < -0.4 is 10.6 Å². The predicted molar refractivity (Wildman–Crippen MR) is 77.2 cm³/mol. The summed E-state index contributed by atoms with van der Waals surface area (Å²) in [6.07, 6.45) is 1.42. The molecule has 1 aromatic carbocycles. The fourth-order valence-electron chi connectivity index (χ4n) is 1.56. The number of hydrogen-bond acceptors (Lipinski definition) is 2. The summed E-state index contributed by atoms with van der Waals surface area (Å²) in [5.74, 6) is 0.0801. The van der Waals surface area contributed by atoms with Gasteiger partial charge in [0.15, 0.2) is 0 Å². The Hall–Kier alpha value is -1.22. The molecule has 0 aliphatic heterocycles. The SMILES string of the molecule is CCC(C)NC(=O)CCNc1cccc(Cl)c1C. The van der Waals surface area contributed by atoms with Gasteiger partial charge < -0.3 is 10.6 Å². The Balaban J connectivity index is 2.38. The van der Waals surface area contributed by atoms with E-state index in [9.17, 15) is 4.79 Å². The molecule has 1 aromatic rings. The highest BCUT2D eigenvalue weighted by Gasteiger charge is 2.06. The summed E-state index contributed by atoms with van der Waals surface area (Å²) in [4.78, 5) is 11.6. The number of carbonyl (C=O) groups is 1. The van der Waals surface area contributed by atoms with Gasteiger partial charge in [0.25, 0.3) is 0 Å². The zero-order valence-corrected chi connectivity index (χ0v) is 12.0. The summed E-state index contributed by atoms with van der Waals surface area (Å²) in [5.41, 5.74) is 2.00. The third kappa shape index (κ3) is 4.57. The molecular weight excluding hydrogens is 248 g/mol. The monoisotopic (exact) mass is 268 g/mol. The van der Waals surface area contributed by atoms with Crippen molar-refractivity contribution in [2.45, 2.75) is 39.7 Å². The Morgan fingerprint density at radius 2 is 2.17 bits per heavy atom. The number of benzene rings is 1. The van der Waals surface area contributed by atoms with Crippen LogP contribution >= 0.6 is 11.6 Å². The molecule has 1 unspecified atom stereocenters. The minimum atomic E-state index is 0.0801. The van der Waals surface area contributed by atoms with E-state index in [-0.39, 0.29) is 11.9 Å². The van der Waals surface area contributed by atoms with E-state index in [4.69, 9.17) is 11.6 Å². The fourth-order valence-corrected chi connectivity index (χ4v) is 1.73. The first-order valence-electron chi connectivity index (χ1n) is 6.33. The van der Waals surface area contributed by atoms with Crippen molar-refractivity contribution in [2.24, 2.45) is 0 Å². The maximum absolute atomic E-state index is 11.6. The van der Waals surface area contributed by atoms with E-state index >= 15 is 0 Å². The lowest BCUT2D eigenvalue weighted by atomic mass is 10.2. The Labute approximate surface area is 114 Å². The molecule has 0 aliphatic carbocycles. The molecule has 0 heterocycles. The first-order valence-corrected chi connectivity index (χ1v) is 6.70. The lowest BCUT2D eigenvalue weighted by molar-refractivity contribution is -0.121. The van der Waals surface area contributed by atoms with Gasteiger partial charge in [0.05, 0.1) is 0 Å². The summed E-state index contributed by atoms with van der Waals surface area (Å²) >= 11 is 6.02. The van der Waals surface area contributed by atoms with E-state index in [2.05, 4.69) is 17.6 Å². The highest BCUT2D eigenvalue weighted by Crippen LogP contribution is 2.22. The van der Waals surface area contributed by atoms with Crippen molar-refractivity contribution in [2.75, 3.05) is 11.9 Å². The average molecular weight is 269 g/mol. The lowest BCUT2D eigenvalue weighted by Gasteiger charge is -2.13. The Kier molecular flexibility index (Phi) is 5.99. The van der Waals surface area contributed by atoms with Crippen molar-refractivity contribution < 1.29 is 4.79 Å². The number of rotatable bonds is 6. The van der Waals surface area contributed by atoms with E-state index in [0.29, 0.717) is 13.0 Å². The van der Waals surface area contributed by atoms with Crippen molar-refractivity contribution in [1.29, 1.82) is 0 Å². The summed E-state index contributed by atoms with van der Waals surface area (Å²) in [6, 6.07) is 5.97. The molecule has 0 aromatic heterocycles. The van der Waals surface area contributed by atoms with Crippen LogP contribution in [0.15, 0.2) is 18.2 Å². The molecule has 0 aliphatic rings. The van der Waals surface area contributed by atoms with E-state index in [1.807, 2.05) is 32.0 Å². The number of carbonyl (C=O) groups excluding carboxylic acids is 1. The first-order chi connectivity index (χ1) is 8.54. The number of amides is 1. The average Bonchev–Trinajstić information content (AvgIpc) is 2.34. The lowest BCUT2D eigenvalue weighted by Crippen LogP contribution is -2.32. The van der Waals surface area contributed by atoms with Gasteiger partial charge in [0, 0.05) is 29.7 Å². The van der Waals surface area contributed by atoms with Gasteiger partial charge in [-0.3, -0.25) is 4.79 Å². The van der Waals surface area contributed by atoms with E-state index in [0.717, 1.165) is 22.7 Å².